The molecule has 5 heteroatoms. The summed E-state index contributed by atoms with van der Waals surface area (Å²) in [6.07, 6.45) is 5.16. The number of hydrogen-bond donors (Lipinski definition) is 1. The molecule has 0 unspecified atom stereocenters. The van der Waals surface area contributed by atoms with E-state index < -0.39 is 0 Å². The van der Waals surface area contributed by atoms with Gasteiger partial charge in [0.1, 0.15) is 12.1 Å². The Balaban J connectivity index is 1.88. The summed E-state index contributed by atoms with van der Waals surface area (Å²) in [5, 5.41) is 8.03. The van der Waals surface area contributed by atoms with Crippen molar-refractivity contribution >= 4 is 11.5 Å². The van der Waals surface area contributed by atoms with Crippen molar-refractivity contribution in [2.75, 3.05) is 5.32 Å². The van der Waals surface area contributed by atoms with Crippen molar-refractivity contribution in [2.24, 2.45) is 7.05 Å². The summed E-state index contributed by atoms with van der Waals surface area (Å²) in [6, 6.07) is 10.3. The number of aryl methyl sites for hydroxylation is 1. The molecule has 1 aromatic carbocycles. The number of hydrogen-bond acceptors (Lipinski definition) is 4. The zero-order chi connectivity index (χ0) is 16.4. The van der Waals surface area contributed by atoms with E-state index in [1.54, 1.807) is 0 Å². The predicted octanol–water partition coefficient (Wildman–Crippen LogP) is 3.92. The van der Waals surface area contributed by atoms with E-state index in [0.29, 0.717) is 0 Å². The molecule has 0 saturated carbocycles. The highest BCUT2D eigenvalue weighted by atomic mass is 15.3. The van der Waals surface area contributed by atoms with Crippen LogP contribution in [0.4, 0.5) is 11.5 Å². The molecule has 0 amide bonds. The lowest BCUT2D eigenvalue weighted by Crippen LogP contribution is -2.12. The van der Waals surface area contributed by atoms with Gasteiger partial charge in [0.25, 0.3) is 0 Å². The minimum atomic E-state index is 0.0287. The van der Waals surface area contributed by atoms with E-state index >= 15 is 0 Å². The summed E-state index contributed by atoms with van der Waals surface area (Å²) in [7, 11) is 1.95. The molecule has 5 nitrogen and oxygen atoms in total. The molecule has 0 aliphatic carbocycles. The van der Waals surface area contributed by atoms with Crippen molar-refractivity contribution in [3.05, 3.63) is 54.7 Å². The van der Waals surface area contributed by atoms with E-state index in [9.17, 15) is 0 Å². The Morgan fingerprint density at radius 2 is 1.74 bits per heavy atom. The van der Waals surface area contributed by atoms with Crippen molar-refractivity contribution in [1.82, 2.24) is 19.7 Å². The zero-order valence-electron chi connectivity index (χ0n) is 13.9. The van der Waals surface area contributed by atoms with E-state index in [2.05, 4.69) is 53.3 Å². The third kappa shape index (κ3) is 3.39. The number of aromatic nitrogens is 4. The van der Waals surface area contributed by atoms with Crippen LogP contribution in [0, 0.1) is 0 Å². The highest BCUT2D eigenvalue weighted by Gasteiger charge is 2.18. The van der Waals surface area contributed by atoms with E-state index in [1.807, 2.05) is 42.3 Å². The molecule has 0 atom stereocenters. The molecule has 0 radical (unpaired) electrons. The van der Waals surface area contributed by atoms with Gasteiger partial charge in [-0.25, -0.2) is 9.97 Å². The Morgan fingerprint density at radius 1 is 1.00 bits per heavy atom. The van der Waals surface area contributed by atoms with E-state index in [0.717, 1.165) is 28.3 Å². The largest absolute Gasteiger partial charge is 0.340 e. The van der Waals surface area contributed by atoms with Gasteiger partial charge in [-0.1, -0.05) is 32.9 Å². The van der Waals surface area contributed by atoms with Crippen LogP contribution in [0.1, 0.15) is 26.5 Å². The van der Waals surface area contributed by atoms with Gasteiger partial charge >= 0.3 is 0 Å². The average molecular weight is 307 g/mol. The summed E-state index contributed by atoms with van der Waals surface area (Å²) in [5.41, 5.74) is 4.18. The maximum absolute atomic E-state index is 4.59. The predicted molar refractivity (Wildman–Crippen MR) is 92.7 cm³/mol. The lowest BCUT2D eigenvalue weighted by molar-refractivity contribution is 0.553. The summed E-state index contributed by atoms with van der Waals surface area (Å²) < 4.78 is 1.87. The SMILES string of the molecule is Cn1nc(C(C)(C)C)cc1Nc1cccc(-c2cncnc2)c1. The second-order valence-corrected chi connectivity index (χ2v) is 6.62. The summed E-state index contributed by atoms with van der Waals surface area (Å²) >= 11 is 0. The van der Waals surface area contributed by atoms with Crippen LogP contribution in [0.2, 0.25) is 0 Å². The fourth-order valence-corrected chi connectivity index (χ4v) is 2.32. The molecule has 0 saturated heterocycles. The first-order chi connectivity index (χ1) is 10.9. The Labute approximate surface area is 136 Å². The molecule has 1 N–H and O–H groups in total. The molecule has 0 aliphatic heterocycles. The number of rotatable bonds is 3. The topological polar surface area (TPSA) is 55.6 Å². The normalized spacial score (nSPS) is 11.5. The van der Waals surface area contributed by atoms with Gasteiger partial charge < -0.3 is 5.32 Å². The smallest absolute Gasteiger partial charge is 0.128 e. The van der Waals surface area contributed by atoms with Gasteiger partial charge in [-0.05, 0) is 17.7 Å². The van der Waals surface area contributed by atoms with Crippen LogP contribution in [-0.2, 0) is 12.5 Å². The van der Waals surface area contributed by atoms with Crippen LogP contribution in [0.25, 0.3) is 11.1 Å². The van der Waals surface area contributed by atoms with Gasteiger partial charge in [-0.15, -0.1) is 0 Å². The average Bonchev–Trinajstić information content (AvgIpc) is 2.90. The highest BCUT2D eigenvalue weighted by molar-refractivity contribution is 5.69. The van der Waals surface area contributed by atoms with E-state index in [-0.39, 0.29) is 5.41 Å². The van der Waals surface area contributed by atoms with Crippen LogP contribution < -0.4 is 5.32 Å². The lowest BCUT2D eigenvalue weighted by Gasteiger charge is -2.13. The molecule has 3 aromatic rings. The van der Waals surface area contributed by atoms with E-state index in [4.69, 9.17) is 0 Å². The third-order valence-corrected chi connectivity index (χ3v) is 3.68. The minimum absolute atomic E-state index is 0.0287. The van der Waals surface area contributed by atoms with Crippen LogP contribution in [0.15, 0.2) is 49.1 Å². The van der Waals surface area contributed by atoms with Crippen molar-refractivity contribution < 1.29 is 0 Å². The third-order valence-electron chi connectivity index (χ3n) is 3.68. The second kappa shape index (κ2) is 5.83. The first-order valence-corrected chi connectivity index (χ1v) is 7.60. The Morgan fingerprint density at radius 3 is 2.39 bits per heavy atom. The fraction of sp³-hybridized carbons (Fsp3) is 0.278. The van der Waals surface area contributed by atoms with Crippen molar-refractivity contribution in [2.45, 2.75) is 26.2 Å². The standard InChI is InChI=1S/C18H21N5/c1-18(2,3)16-9-17(23(4)22-16)21-15-7-5-6-13(8-15)14-10-19-12-20-11-14/h5-12,21H,1-4H3. The maximum atomic E-state index is 4.59. The summed E-state index contributed by atoms with van der Waals surface area (Å²) in [4.78, 5) is 8.15. The summed E-state index contributed by atoms with van der Waals surface area (Å²) in [6.45, 7) is 6.49. The van der Waals surface area contributed by atoms with E-state index in [1.165, 1.54) is 6.33 Å². The Bertz CT molecular complexity index is 800. The van der Waals surface area contributed by atoms with Crippen LogP contribution in [-0.4, -0.2) is 19.7 Å². The van der Waals surface area contributed by atoms with Crippen LogP contribution in [0.5, 0.6) is 0 Å². The molecule has 0 aliphatic rings. The molecule has 2 aromatic heterocycles. The maximum Gasteiger partial charge on any atom is 0.128 e. The number of anilines is 2. The Kier molecular flexibility index (Phi) is 3.86. The Hall–Kier alpha value is -2.69. The molecule has 23 heavy (non-hydrogen) atoms. The molecule has 118 valence electrons. The van der Waals surface area contributed by atoms with Crippen molar-refractivity contribution in [3.63, 3.8) is 0 Å². The van der Waals surface area contributed by atoms with Crippen molar-refractivity contribution in [3.8, 4) is 11.1 Å². The lowest BCUT2D eigenvalue weighted by atomic mass is 9.92. The molecular formula is C18H21N5. The first-order valence-electron chi connectivity index (χ1n) is 7.60. The molecule has 0 fully saturated rings. The number of nitrogens with one attached hydrogen (secondary N) is 1. The molecule has 3 rings (SSSR count). The summed E-state index contributed by atoms with van der Waals surface area (Å²) in [5.74, 6) is 0.969. The second-order valence-electron chi connectivity index (χ2n) is 6.62. The van der Waals surface area contributed by atoms with Gasteiger partial charge in [0.15, 0.2) is 0 Å². The molecule has 0 spiro atoms. The molecular weight excluding hydrogens is 286 g/mol. The van der Waals surface area contributed by atoms with Gasteiger partial charge in [0, 0.05) is 42.2 Å². The van der Waals surface area contributed by atoms with Gasteiger partial charge in [0.05, 0.1) is 5.69 Å². The molecule has 2 heterocycles. The van der Waals surface area contributed by atoms with Crippen LogP contribution >= 0.6 is 0 Å². The number of nitrogens with zero attached hydrogens (tertiary/aromatic N) is 4. The van der Waals surface area contributed by atoms with Gasteiger partial charge in [-0.3, -0.25) is 4.68 Å². The zero-order valence-corrected chi connectivity index (χ0v) is 13.9. The first kappa shape index (κ1) is 15.2. The fourth-order valence-electron chi connectivity index (χ4n) is 2.32. The molecule has 0 bridgehead atoms. The highest BCUT2D eigenvalue weighted by Crippen LogP contribution is 2.27. The van der Waals surface area contributed by atoms with Crippen LogP contribution in [0.3, 0.4) is 0 Å². The van der Waals surface area contributed by atoms with Crippen molar-refractivity contribution in [1.29, 1.82) is 0 Å². The monoisotopic (exact) mass is 307 g/mol. The van der Waals surface area contributed by atoms with Gasteiger partial charge in [-0.2, -0.15) is 5.10 Å². The minimum Gasteiger partial charge on any atom is -0.340 e. The van der Waals surface area contributed by atoms with Gasteiger partial charge in [0.2, 0.25) is 0 Å². The number of benzene rings is 1. The quantitative estimate of drug-likeness (QED) is 0.797.